The Morgan fingerprint density at radius 3 is 2.65 bits per heavy atom. The third kappa shape index (κ3) is 5.62. The van der Waals surface area contributed by atoms with Gasteiger partial charge in [-0.05, 0) is 42.5 Å². The number of aryl methyl sites for hydroxylation is 1. The van der Waals surface area contributed by atoms with Crippen molar-refractivity contribution in [2.75, 3.05) is 6.54 Å². The quantitative estimate of drug-likeness (QED) is 0.790. The average Bonchev–Trinajstić information content (AvgIpc) is 2.57. The molecule has 0 unspecified atom stereocenters. The molecule has 0 radical (unpaired) electrons. The number of benzene rings is 2. The van der Waals surface area contributed by atoms with Crippen molar-refractivity contribution >= 4 is 12.2 Å². The lowest BCUT2D eigenvalue weighted by molar-refractivity contribution is 0.140. The third-order valence-electron chi connectivity index (χ3n) is 3.74. The van der Waals surface area contributed by atoms with Crippen molar-refractivity contribution < 1.29 is 9.53 Å². The molecule has 0 saturated carbocycles. The number of ether oxygens (including phenoxy) is 1. The maximum absolute atomic E-state index is 11.6. The van der Waals surface area contributed by atoms with Crippen LogP contribution in [-0.4, -0.2) is 12.6 Å². The number of amides is 1. The number of carbonyl (C=O) groups excluding carboxylic acids is 1. The lowest BCUT2D eigenvalue weighted by Gasteiger charge is -2.06. The molecule has 120 valence electrons. The fraction of sp³-hybridized carbons (Fsp3) is 0.250. The molecule has 3 nitrogen and oxygen atoms in total. The van der Waals surface area contributed by atoms with Gasteiger partial charge in [-0.15, -0.1) is 0 Å². The molecule has 0 saturated heterocycles. The van der Waals surface area contributed by atoms with E-state index in [-0.39, 0.29) is 6.09 Å². The Morgan fingerprint density at radius 2 is 1.87 bits per heavy atom. The lowest BCUT2D eigenvalue weighted by atomic mass is 10.0. The van der Waals surface area contributed by atoms with Crippen LogP contribution in [0.25, 0.3) is 6.08 Å². The highest BCUT2D eigenvalue weighted by atomic mass is 16.5. The third-order valence-corrected chi connectivity index (χ3v) is 3.74. The summed E-state index contributed by atoms with van der Waals surface area (Å²) in [6.07, 6.45) is 4.56. The first kappa shape index (κ1) is 16.8. The molecule has 0 aliphatic carbocycles. The summed E-state index contributed by atoms with van der Waals surface area (Å²) < 4.78 is 5.15. The van der Waals surface area contributed by atoms with Crippen LogP contribution in [-0.2, 0) is 11.3 Å². The summed E-state index contributed by atoms with van der Waals surface area (Å²) in [7, 11) is 0. The van der Waals surface area contributed by atoms with Crippen molar-refractivity contribution in [2.24, 2.45) is 0 Å². The van der Waals surface area contributed by atoms with Crippen LogP contribution in [0.2, 0.25) is 0 Å². The van der Waals surface area contributed by atoms with Gasteiger partial charge in [0.1, 0.15) is 6.61 Å². The SMILES string of the molecule is Cc1cccc(C=CCCNC(=O)OCc2ccccc2)c1C. The van der Waals surface area contributed by atoms with E-state index < -0.39 is 0 Å². The summed E-state index contributed by atoms with van der Waals surface area (Å²) in [5.74, 6) is 0. The molecule has 0 aliphatic heterocycles. The van der Waals surface area contributed by atoms with Crippen LogP contribution in [0.1, 0.15) is 28.7 Å². The average molecular weight is 309 g/mol. The van der Waals surface area contributed by atoms with E-state index in [1.807, 2.05) is 30.3 Å². The van der Waals surface area contributed by atoms with Gasteiger partial charge in [0.25, 0.3) is 0 Å². The zero-order valence-electron chi connectivity index (χ0n) is 13.7. The second kappa shape index (κ2) is 8.79. The number of alkyl carbamates (subject to hydrolysis) is 1. The molecule has 23 heavy (non-hydrogen) atoms. The van der Waals surface area contributed by atoms with Crippen LogP contribution in [0, 0.1) is 13.8 Å². The zero-order chi connectivity index (χ0) is 16.5. The van der Waals surface area contributed by atoms with Crippen molar-refractivity contribution in [1.82, 2.24) is 5.32 Å². The Morgan fingerprint density at radius 1 is 1.09 bits per heavy atom. The molecular formula is C20H23NO2. The van der Waals surface area contributed by atoms with E-state index >= 15 is 0 Å². The molecule has 0 atom stereocenters. The van der Waals surface area contributed by atoms with Crippen LogP contribution >= 0.6 is 0 Å². The lowest BCUT2D eigenvalue weighted by Crippen LogP contribution is -2.24. The van der Waals surface area contributed by atoms with E-state index in [1.54, 1.807) is 0 Å². The minimum absolute atomic E-state index is 0.297. The number of hydrogen-bond donors (Lipinski definition) is 1. The van der Waals surface area contributed by atoms with E-state index in [4.69, 9.17) is 4.74 Å². The van der Waals surface area contributed by atoms with Gasteiger partial charge in [-0.1, -0.05) is 60.7 Å². The summed E-state index contributed by atoms with van der Waals surface area (Å²) in [5, 5.41) is 2.75. The van der Waals surface area contributed by atoms with Crippen molar-refractivity contribution in [2.45, 2.75) is 26.9 Å². The van der Waals surface area contributed by atoms with Gasteiger partial charge in [-0.25, -0.2) is 4.79 Å². The Kier molecular flexibility index (Phi) is 6.42. The van der Waals surface area contributed by atoms with Crippen LogP contribution in [0.4, 0.5) is 4.79 Å². The summed E-state index contributed by atoms with van der Waals surface area (Å²) in [5.41, 5.74) is 4.78. The highest BCUT2D eigenvalue weighted by molar-refractivity contribution is 5.67. The van der Waals surface area contributed by atoms with Gasteiger partial charge in [0, 0.05) is 6.54 Å². The minimum Gasteiger partial charge on any atom is -0.445 e. The molecule has 2 aromatic rings. The zero-order valence-corrected chi connectivity index (χ0v) is 13.7. The summed E-state index contributed by atoms with van der Waals surface area (Å²) in [6, 6.07) is 15.9. The molecule has 0 spiro atoms. The molecule has 1 N–H and O–H groups in total. The maximum Gasteiger partial charge on any atom is 0.407 e. The fourth-order valence-corrected chi connectivity index (χ4v) is 2.20. The van der Waals surface area contributed by atoms with Gasteiger partial charge in [-0.2, -0.15) is 0 Å². The Bertz CT molecular complexity index is 663. The predicted octanol–water partition coefficient (Wildman–Crippen LogP) is 4.63. The van der Waals surface area contributed by atoms with Crippen LogP contribution in [0.15, 0.2) is 54.6 Å². The van der Waals surface area contributed by atoms with E-state index in [0.717, 1.165) is 12.0 Å². The van der Waals surface area contributed by atoms with Crippen molar-refractivity contribution in [3.05, 3.63) is 76.9 Å². The first-order chi connectivity index (χ1) is 11.2. The second-order valence-corrected chi connectivity index (χ2v) is 5.47. The minimum atomic E-state index is -0.381. The largest absolute Gasteiger partial charge is 0.445 e. The first-order valence-corrected chi connectivity index (χ1v) is 7.84. The van der Waals surface area contributed by atoms with Crippen LogP contribution in [0.3, 0.4) is 0 Å². The summed E-state index contributed by atoms with van der Waals surface area (Å²) >= 11 is 0. The maximum atomic E-state index is 11.6. The molecule has 0 heterocycles. The molecule has 1 amide bonds. The highest BCUT2D eigenvalue weighted by Gasteiger charge is 2.01. The molecule has 3 heteroatoms. The second-order valence-electron chi connectivity index (χ2n) is 5.47. The van der Waals surface area contributed by atoms with E-state index in [0.29, 0.717) is 13.2 Å². The van der Waals surface area contributed by atoms with Crippen molar-refractivity contribution in [3.8, 4) is 0 Å². The van der Waals surface area contributed by atoms with Gasteiger partial charge in [0.05, 0.1) is 0 Å². The van der Waals surface area contributed by atoms with Gasteiger partial charge in [-0.3, -0.25) is 0 Å². The van der Waals surface area contributed by atoms with Gasteiger partial charge >= 0.3 is 6.09 Å². The Labute approximate surface area is 138 Å². The van der Waals surface area contributed by atoms with Gasteiger partial charge in [0.2, 0.25) is 0 Å². The monoisotopic (exact) mass is 309 g/mol. The standard InChI is InChI=1S/C20H23NO2/c1-16-9-8-13-19(17(16)2)12-6-7-14-21-20(22)23-15-18-10-4-3-5-11-18/h3-6,8-13H,7,14-15H2,1-2H3,(H,21,22). The molecule has 2 rings (SSSR count). The number of nitrogens with one attached hydrogen (secondary N) is 1. The smallest absolute Gasteiger partial charge is 0.407 e. The van der Waals surface area contributed by atoms with Crippen molar-refractivity contribution in [3.63, 3.8) is 0 Å². The van der Waals surface area contributed by atoms with E-state index in [1.165, 1.54) is 16.7 Å². The van der Waals surface area contributed by atoms with E-state index in [9.17, 15) is 4.79 Å². The highest BCUT2D eigenvalue weighted by Crippen LogP contribution is 2.14. The summed E-state index contributed by atoms with van der Waals surface area (Å²) in [6.45, 7) is 5.09. The van der Waals surface area contributed by atoms with E-state index in [2.05, 4.69) is 49.5 Å². The number of hydrogen-bond acceptors (Lipinski definition) is 2. The molecule has 0 aromatic heterocycles. The van der Waals surface area contributed by atoms with Crippen LogP contribution < -0.4 is 5.32 Å². The first-order valence-electron chi connectivity index (χ1n) is 7.84. The molecule has 0 bridgehead atoms. The predicted molar refractivity (Wildman–Crippen MR) is 94.2 cm³/mol. The molecular weight excluding hydrogens is 286 g/mol. The van der Waals surface area contributed by atoms with Gasteiger partial charge in [0.15, 0.2) is 0 Å². The number of carbonyl (C=O) groups is 1. The fourth-order valence-electron chi connectivity index (χ4n) is 2.20. The normalized spacial score (nSPS) is 10.7. The molecule has 0 aliphatic rings. The van der Waals surface area contributed by atoms with Crippen LogP contribution in [0.5, 0.6) is 0 Å². The van der Waals surface area contributed by atoms with Crippen molar-refractivity contribution in [1.29, 1.82) is 0 Å². The number of rotatable bonds is 6. The molecule has 0 fully saturated rings. The topological polar surface area (TPSA) is 38.3 Å². The Hall–Kier alpha value is -2.55. The summed E-state index contributed by atoms with van der Waals surface area (Å²) in [4.78, 5) is 11.6. The Balaban J connectivity index is 1.67. The van der Waals surface area contributed by atoms with Gasteiger partial charge < -0.3 is 10.1 Å². The molecule has 2 aromatic carbocycles.